The van der Waals surface area contributed by atoms with Gasteiger partial charge in [0.05, 0.1) is 17.1 Å². The Labute approximate surface area is 112 Å². The van der Waals surface area contributed by atoms with Gasteiger partial charge in [0, 0.05) is 30.4 Å². The average Bonchev–Trinajstić information content (AvgIpc) is 2.68. The molecule has 96 valence electrons. The number of hydrogen-bond acceptors (Lipinski definition) is 3. The first-order valence-corrected chi connectivity index (χ1v) is 6.28. The number of hydrogen-bond donors (Lipinski definition) is 2. The minimum Gasteiger partial charge on any atom is -0.397 e. The van der Waals surface area contributed by atoms with Crippen LogP contribution in [0.3, 0.4) is 0 Å². The van der Waals surface area contributed by atoms with Crippen molar-refractivity contribution in [3.05, 3.63) is 40.7 Å². The molecule has 0 aliphatic carbocycles. The van der Waals surface area contributed by atoms with E-state index in [4.69, 9.17) is 17.3 Å². The van der Waals surface area contributed by atoms with Crippen molar-refractivity contribution in [1.29, 1.82) is 0 Å². The van der Waals surface area contributed by atoms with Crippen LogP contribution in [-0.2, 0) is 20.0 Å². The first-order valence-electron chi connectivity index (χ1n) is 5.90. The summed E-state index contributed by atoms with van der Waals surface area (Å²) in [5, 5.41) is 8.36. The molecule has 1 heterocycles. The SMILES string of the molecule is CCc1nn(C)cc1CNc1ccc(Cl)cc1N. The van der Waals surface area contributed by atoms with Gasteiger partial charge in [-0.1, -0.05) is 18.5 Å². The van der Waals surface area contributed by atoms with Gasteiger partial charge in [-0.2, -0.15) is 5.10 Å². The molecule has 2 aromatic rings. The number of nitrogens with one attached hydrogen (secondary N) is 1. The monoisotopic (exact) mass is 264 g/mol. The summed E-state index contributed by atoms with van der Waals surface area (Å²) in [6.45, 7) is 2.81. The van der Waals surface area contributed by atoms with Crippen LogP contribution in [0.25, 0.3) is 0 Å². The van der Waals surface area contributed by atoms with Crippen LogP contribution in [-0.4, -0.2) is 9.78 Å². The predicted molar refractivity (Wildman–Crippen MR) is 75.8 cm³/mol. The van der Waals surface area contributed by atoms with E-state index in [0.717, 1.165) is 17.8 Å². The molecule has 0 amide bonds. The van der Waals surface area contributed by atoms with Crippen molar-refractivity contribution in [2.75, 3.05) is 11.1 Å². The summed E-state index contributed by atoms with van der Waals surface area (Å²) in [7, 11) is 1.93. The Balaban J connectivity index is 2.11. The summed E-state index contributed by atoms with van der Waals surface area (Å²) < 4.78 is 1.83. The number of anilines is 2. The van der Waals surface area contributed by atoms with Crippen molar-refractivity contribution in [3.8, 4) is 0 Å². The molecule has 0 fully saturated rings. The lowest BCUT2D eigenvalue weighted by Crippen LogP contribution is -2.03. The van der Waals surface area contributed by atoms with Crippen molar-refractivity contribution in [2.45, 2.75) is 19.9 Å². The first-order chi connectivity index (χ1) is 8.60. The van der Waals surface area contributed by atoms with Gasteiger partial charge in [-0.15, -0.1) is 0 Å². The van der Waals surface area contributed by atoms with Gasteiger partial charge in [-0.3, -0.25) is 4.68 Å². The van der Waals surface area contributed by atoms with Gasteiger partial charge >= 0.3 is 0 Å². The van der Waals surface area contributed by atoms with Crippen molar-refractivity contribution in [1.82, 2.24) is 9.78 Å². The Kier molecular flexibility index (Phi) is 3.77. The molecule has 0 saturated heterocycles. The van der Waals surface area contributed by atoms with Crippen molar-refractivity contribution in [3.63, 3.8) is 0 Å². The van der Waals surface area contributed by atoms with Crippen molar-refractivity contribution < 1.29 is 0 Å². The molecule has 0 saturated carbocycles. The zero-order valence-corrected chi connectivity index (χ0v) is 11.3. The van der Waals surface area contributed by atoms with E-state index >= 15 is 0 Å². The number of nitrogens with two attached hydrogens (primary N) is 1. The molecule has 0 aliphatic rings. The van der Waals surface area contributed by atoms with Gasteiger partial charge in [0.15, 0.2) is 0 Å². The minimum atomic E-state index is 0.647. The molecule has 1 aromatic heterocycles. The second-order valence-electron chi connectivity index (χ2n) is 4.21. The molecule has 1 aromatic carbocycles. The number of rotatable bonds is 4. The summed E-state index contributed by atoms with van der Waals surface area (Å²) in [5.74, 6) is 0. The fourth-order valence-electron chi connectivity index (χ4n) is 1.91. The van der Waals surface area contributed by atoms with E-state index in [0.29, 0.717) is 17.3 Å². The third kappa shape index (κ3) is 2.76. The largest absolute Gasteiger partial charge is 0.397 e. The second-order valence-corrected chi connectivity index (χ2v) is 4.65. The van der Waals surface area contributed by atoms with E-state index in [9.17, 15) is 0 Å². The highest BCUT2D eigenvalue weighted by Crippen LogP contribution is 2.23. The number of benzene rings is 1. The summed E-state index contributed by atoms with van der Waals surface area (Å²) in [6, 6.07) is 5.46. The molecule has 3 N–H and O–H groups in total. The van der Waals surface area contributed by atoms with Crippen LogP contribution in [0.4, 0.5) is 11.4 Å². The number of aryl methyl sites for hydroxylation is 2. The third-order valence-electron chi connectivity index (χ3n) is 2.81. The minimum absolute atomic E-state index is 0.647. The Morgan fingerprint density at radius 3 is 2.89 bits per heavy atom. The first kappa shape index (κ1) is 12.8. The lowest BCUT2D eigenvalue weighted by atomic mass is 10.2. The summed E-state index contributed by atoms with van der Waals surface area (Å²) in [5.41, 5.74) is 9.74. The summed E-state index contributed by atoms with van der Waals surface area (Å²) in [6.07, 6.45) is 2.95. The van der Waals surface area contributed by atoms with Gasteiger partial charge < -0.3 is 11.1 Å². The maximum absolute atomic E-state index is 5.89. The van der Waals surface area contributed by atoms with Gasteiger partial charge in [0.1, 0.15) is 0 Å². The van der Waals surface area contributed by atoms with Gasteiger partial charge in [-0.05, 0) is 24.6 Å². The number of nitrogen functional groups attached to an aromatic ring is 1. The number of halogens is 1. The topological polar surface area (TPSA) is 55.9 Å². The fraction of sp³-hybridized carbons (Fsp3) is 0.308. The van der Waals surface area contributed by atoms with E-state index in [1.807, 2.05) is 30.1 Å². The molecule has 0 radical (unpaired) electrons. The quantitative estimate of drug-likeness (QED) is 0.835. The molecule has 0 atom stereocenters. The molecule has 2 rings (SSSR count). The lowest BCUT2D eigenvalue weighted by molar-refractivity contribution is 0.746. The van der Waals surface area contributed by atoms with E-state index < -0.39 is 0 Å². The third-order valence-corrected chi connectivity index (χ3v) is 3.04. The normalized spacial score (nSPS) is 10.6. The number of nitrogens with zero attached hydrogens (tertiary/aromatic N) is 2. The highest BCUT2D eigenvalue weighted by Gasteiger charge is 2.06. The fourth-order valence-corrected chi connectivity index (χ4v) is 2.09. The zero-order chi connectivity index (χ0) is 13.1. The molecular formula is C13H17ClN4. The van der Waals surface area contributed by atoms with E-state index in [2.05, 4.69) is 17.3 Å². The molecule has 4 nitrogen and oxygen atoms in total. The lowest BCUT2D eigenvalue weighted by Gasteiger charge is -2.09. The molecule has 0 spiro atoms. The molecule has 0 bridgehead atoms. The van der Waals surface area contributed by atoms with Gasteiger partial charge in [-0.25, -0.2) is 0 Å². The van der Waals surface area contributed by atoms with Crippen LogP contribution in [0.5, 0.6) is 0 Å². The van der Waals surface area contributed by atoms with Crippen LogP contribution in [0, 0.1) is 0 Å². The maximum Gasteiger partial charge on any atom is 0.0671 e. The molecule has 18 heavy (non-hydrogen) atoms. The van der Waals surface area contributed by atoms with E-state index in [1.165, 1.54) is 5.56 Å². The Bertz CT molecular complexity index is 548. The van der Waals surface area contributed by atoms with Crippen LogP contribution >= 0.6 is 11.6 Å². The highest BCUT2D eigenvalue weighted by molar-refractivity contribution is 6.31. The van der Waals surface area contributed by atoms with Crippen LogP contribution < -0.4 is 11.1 Å². The highest BCUT2D eigenvalue weighted by atomic mass is 35.5. The predicted octanol–water partition coefficient (Wildman–Crippen LogP) is 2.83. The molecule has 5 heteroatoms. The van der Waals surface area contributed by atoms with Gasteiger partial charge in [0.2, 0.25) is 0 Å². The van der Waals surface area contributed by atoms with E-state index in [1.54, 1.807) is 6.07 Å². The molecule has 0 unspecified atom stereocenters. The summed E-state index contributed by atoms with van der Waals surface area (Å²) >= 11 is 5.86. The average molecular weight is 265 g/mol. The second kappa shape index (κ2) is 5.31. The van der Waals surface area contributed by atoms with Gasteiger partial charge in [0.25, 0.3) is 0 Å². The zero-order valence-electron chi connectivity index (χ0n) is 10.6. The van der Waals surface area contributed by atoms with Crippen molar-refractivity contribution in [2.24, 2.45) is 7.05 Å². The number of aromatic nitrogens is 2. The van der Waals surface area contributed by atoms with Crippen molar-refractivity contribution >= 4 is 23.0 Å². The Morgan fingerprint density at radius 1 is 1.44 bits per heavy atom. The smallest absolute Gasteiger partial charge is 0.0671 e. The standard InChI is InChI=1S/C13H17ClN4/c1-3-12-9(8-18(2)17-12)7-16-13-5-4-10(14)6-11(13)15/h4-6,8,16H,3,7,15H2,1-2H3. The Hall–Kier alpha value is -1.68. The molecule has 0 aliphatic heterocycles. The van der Waals surface area contributed by atoms with Crippen LogP contribution in [0.1, 0.15) is 18.2 Å². The maximum atomic E-state index is 5.89. The summed E-state index contributed by atoms with van der Waals surface area (Å²) in [4.78, 5) is 0. The van der Waals surface area contributed by atoms with Crippen LogP contribution in [0.2, 0.25) is 5.02 Å². The Morgan fingerprint density at radius 2 is 2.22 bits per heavy atom. The van der Waals surface area contributed by atoms with E-state index in [-0.39, 0.29) is 0 Å². The van der Waals surface area contributed by atoms with Crippen LogP contribution in [0.15, 0.2) is 24.4 Å². The molecular weight excluding hydrogens is 248 g/mol.